The van der Waals surface area contributed by atoms with Gasteiger partial charge in [0.1, 0.15) is 0 Å². The minimum Gasteiger partial charge on any atom is -0.390 e. The number of aliphatic hydroxyl groups excluding tert-OH is 1. The monoisotopic (exact) mass is 310 g/mol. The molecule has 1 aliphatic carbocycles. The molecule has 1 amide bonds. The van der Waals surface area contributed by atoms with Crippen molar-refractivity contribution in [1.29, 1.82) is 0 Å². The molecule has 0 aromatic heterocycles. The zero-order chi connectivity index (χ0) is 16.4. The molecule has 0 spiro atoms. The highest BCUT2D eigenvalue weighted by Gasteiger charge is 2.31. The van der Waals surface area contributed by atoms with Crippen LogP contribution in [-0.2, 0) is 13.0 Å². The van der Waals surface area contributed by atoms with Crippen LogP contribution in [0.4, 0.5) is 0 Å². The number of nitrogens with one attached hydrogen (secondary N) is 1. The van der Waals surface area contributed by atoms with E-state index >= 15 is 0 Å². The number of nitrogens with zero attached hydrogens (tertiary/aromatic N) is 1. The van der Waals surface area contributed by atoms with E-state index in [4.69, 9.17) is 0 Å². The lowest BCUT2D eigenvalue weighted by atomic mass is 10.1. The number of aliphatic hydroxyl groups is 1. The summed E-state index contributed by atoms with van der Waals surface area (Å²) in [4.78, 5) is 14.5. The molecule has 2 aromatic carbocycles. The Morgan fingerprint density at radius 2 is 1.87 bits per heavy atom. The van der Waals surface area contributed by atoms with Crippen LogP contribution in [0.1, 0.15) is 33.1 Å². The Morgan fingerprint density at radius 3 is 2.57 bits per heavy atom. The van der Waals surface area contributed by atoms with Crippen LogP contribution >= 0.6 is 0 Å². The highest BCUT2D eigenvalue weighted by Crippen LogP contribution is 2.31. The Labute approximate surface area is 136 Å². The van der Waals surface area contributed by atoms with Crippen molar-refractivity contribution in [3.05, 3.63) is 70.8 Å². The molecule has 2 atom stereocenters. The van der Waals surface area contributed by atoms with Gasteiger partial charge in [0, 0.05) is 18.5 Å². The van der Waals surface area contributed by atoms with Gasteiger partial charge >= 0.3 is 0 Å². The Bertz CT molecular complexity index is 695. The molecule has 2 N–H and O–H groups in total. The molecule has 23 heavy (non-hydrogen) atoms. The molecule has 0 heterocycles. The van der Waals surface area contributed by atoms with Crippen molar-refractivity contribution >= 4 is 5.91 Å². The first kappa shape index (κ1) is 15.7. The lowest BCUT2D eigenvalue weighted by molar-refractivity contribution is 0.0858. The van der Waals surface area contributed by atoms with E-state index in [9.17, 15) is 9.90 Å². The molecule has 0 bridgehead atoms. The third-order valence-electron chi connectivity index (χ3n) is 4.21. The molecular formula is C19H22N2O2. The number of carbonyl (C=O) groups excluding carboxylic acids is 1. The van der Waals surface area contributed by atoms with E-state index in [-0.39, 0.29) is 11.9 Å². The average molecular weight is 310 g/mol. The number of amides is 1. The molecular weight excluding hydrogens is 288 g/mol. The van der Waals surface area contributed by atoms with Gasteiger partial charge in [-0.2, -0.15) is 0 Å². The van der Waals surface area contributed by atoms with E-state index in [0.29, 0.717) is 12.0 Å². The van der Waals surface area contributed by atoms with Crippen molar-refractivity contribution in [2.75, 3.05) is 14.1 Å². The zero-order valence-electron chi connectivity index (χ0n) is 13.5. The average Bonchev–Trinajstić information content (AvgIpc) is 2.83. The summed E-state index contributed by atoms with van der Waals surface area (Å²) in [7, 11) is 4.03. The highest BCUT2D eigenvalue weighted by molar-refractivity contribution is 5.94. The molecule has 120 valence electrons. The quantitative estimate of drug-likeness (QED) is 0.910. The smallest absolute Gasteiger partial charge is 0.251 e. The zero-order valence-corrected chi connectivity index (χ0v) is 13.5. The lowest BCUT2D eigenvalue weighted by Crippen LogP contribution is -2.33. The van der Waals surface area contributed by atoms with Crippen LogP contribution in [0.3, 0.4) is 0 Å². The fourth-order valence-corrected chi connectivity index (χ4v) is 3.10. The predicted octanol–water partition coefficient (Wildman–Crippen LogP) is 2.14. The number of hydrogen-bond acceptors (Lipinski definition) is 3. The maximum Gasteiger partial charge on any atom is 0.251 e. The summed E-state index contributed by atoms with van der Waals surface area (Å²) in [6.07, 6.45) is 0.0208. The SMILES string of the molecule is CN(C)Cc1ccc(C(=O)NC2c3ccccc3CC2O)cc1. The Morgan fingerprint density at radius 1 is 1.17 bits per heavy atom. The first-order chi connectivity index (χ1) is 11.0. The van der Waals surface area contributed by atoms with Gasteiger partial charge in [0.15, 0.2) is 0 Å². The molecule has 3 rings (SSSR count). The van der Waals surface area contributed by atoms with Gasteiger partial charge in [-0.25, -0.2) is 0 Å². The first-order valence-corrected chi connectivity index (χ1v) is 7.85. The van der Waals surface area contributed by atoms with Gasteiger partial charge in [-0.1, -0.05) is 36.4 Å². The third kappa shape index (κ3) is 3.44. The summed E-state index contributed by atoms with van der Waals surface area (Å²) in [5.41, 5.74) is 3.89. The summed E-state index contributed by atoms with van der Waals surface area (Å²) in [5, 5.41) is 13.2. The van der Waals surface area contributed by atoms with Crippen molar-refractivity contribution in [3.63, 3.8) is 0 Å². The lowest BCUT2D eigenvalue weighted by Gasteiger charge is -2.18. The van der Waals surface area contributed by atoms with Gasteiger partial charge in [0.05, 0.1) is 12.1 Å². The summed E-state index contributed by atoms with van der Waals surface area (Å²) >= 11 is 0. The summed E-state index contributed by atoms with van der Waals surface area (Å²) in [6, 6.07) is 15.1. The summed E-state index contributed by atoms with van der Waals surface area (Å²) in [5.74, 6) is -0.151. The molecule has 4 nitrogen and oxygen atoms in total. The molecule has 0 saturated carbocycles. The number of rotatable bonds is 4. The molecule has 0 aliphatic heterocycles. The molecule has 4 heteroatoms. The molecule has 1 aliphatic rings. The highest BCUT2D eigenvalue weighted by atomic mass is 16.3. The minimum absolute atomic E-state index is 0.151. The van der Waals surface area contributed by atoms with Crippen LogP contribution < -0.4 is 5.32 Å². The van der Waals surface area contributed by atoms with E-state index < -0.39 is 6.10 Å². The maximum absolute atomic E-state index is 12.5. The number of hydrogen-bond donors (Lipinski definition) is 2. The van der Waals surface area contributed by atoms with Crippen LogP contribution in [0.2, 0.25) is 0 Å². The third-order valence-corrected chi connectivity index (χ3v) is 4.21. The Kier molecular flexibility index (Phi) is 4.46. The molecule has 0 saturated heterocycles. The van der Waals surface area contributed by atoms with Crippen molar-refractivity contribution < 1.29 is 9.90 Å². The normalized spacial score (nSPS) is 19.7. The van der Waals surface area contributed by atoms with Gasteiger partial charge in [-0.05, 0) is 42.9 Å². The fourth-order valence-electron chi connectivity index (χ4n) is 3.10. The van der Waals surface area contributed by atoms with Gasteiger partial charge in [0.25, 0.3) is 5.91 Å². The van der Waals surface area contributed by atoms with Crippen LogP contribution in [0, 0.1) is 0 Å². The molecule has 2 unspecified atom stereocenters. The second-order valence-electron chi connectivity index (χ2n) is 6.36. The van der Waals surface area contributed by atoms with Crippen LogP contribution in [0.5, 0.6) is 0 Å². The van der Waals surface area contributed by atoms with E-state index in [0.717, 1.165) is 23.2 Å². The Hall–Kier alpha value is -2.17. The van der Waals surface area contributed by atoms with Crippen molar-refractivity contribution in [3.8, 4) is 0 Å². The number of carbonyl (C=O) groups is 1. The summed E-state index contributed by atoms with van der Waals surface area (Å²) < 4.78 is 0. The topological polar surface area (TPSA) is 52.6 Å². The van der Waals surface area contributed by atoms with Gasteiger partial charge in [-0.3, -0.25) is 4.79 Å². The van der Waals surface area contributed by atoms with Crippen LogP contribution in [0.25, 0.3) is 0 Å². The number of benzene rings is 2. The first-order valence-electron chi connectivity index (χ1n) is 7.85. The largest absolute Gasteiger partial charge is 0.390 e. The van der Waals surface area contributed by atoms with Crippen LogP contribution in [-0.4, -0.2) is 36.1 Å². The van der Waals surface area contributed by atoms with Gasteiger partial charge in [-0.15, -0.1) is 0 Å². The second kappa shape index (κ2) is 6.52. The standard InChI is InChI=1S/C19H22N2O2/c1-21(2)12-13-7-9-14(10-8-13)19(23)20-18-16-6-4-3-5-15(16)11-17(18)22/h3-10,17-18,22H,11-12H2,1-2H3,(H,20,23). The minimum atomic E-state index is -0.565. The fraction of sp³-hybridized carbons (Fsp3) is 0.316. The van der Waals surface area contributed by atoms with Gasteiger partial charge < -0.3 is 15.3 Å². The van der Waals surface area contributed by atoms with E-state index in [2.05, 4.69) is 10.2 Å². The molecule has 0 radical (unpaired) electrons. The second-order valence-corrected chi connectivity index (χ2v) is 6.36. The maximum atomic E-state index is 12.5. The molecule has 2 aromatic rings. The number of fused-ring (bicyclic) bond motifs is 1. The van der Waals surface area contributed by atoms with E-state index in [1.54, 1.807) is 0 Å². The summed E-state index contributed by atoms with van der Waals surface area (Å²) in [6.45, 7) is 0.844. The molecule has 0 fully saturated rings. The van der Waals surface area contributed by atoms with E-state index in [1.807, 2.05) is 62.6 Å². The van der Waals surface area contributed by atoms with E-state index in [1.165, 1.54) is 0 Å². The van der Waals surface area contributed by atoms with Crippen molar-refractivity contribution in [1.82, 2.24) is 10.2 Å². The van der Waals surface area contributed by atoms with Crippen molar-refractivity contribution in [2.45, 2.75) is 25.1 Å². The van der Waals surface area contributed by atoms with Crippen molar-refractivity contribution in [2.24, 2.45) is 0 Å². The predicted molar refractivity (Wildman–Crippen MR) is 90.2 cm³/mol. The van der Waals surface area contributed by atoms with Gasteiger partial charge in [0.2, 0.25) is 0 Å². The van der Waals surface area contributed by atoms with Crippen LogP contribution in [0.15, 0.2) is 48.5 Å². The Balaban J connectivity index is 1.72.